The molecule has 0 aliphatic rings. The second-order valence-corrected chi connectivity index (χ2v) is 2.18. The van der Waals surface area contributed by atoms with Gasteiger partial charge >= 0.3 is 54.0 Å². The Morgan fingerprint density at radius 1 is 1.67 bits per heavy atom. The topological polar surface area (TPSA) is 9.23 Å². The van der Waals surface area contributed by atoms with Gasteiger partial charge in [0.15, 0.2) is 0 Å². The molecule has 6 heavy (non-hydrogen) atoms. The van der Waals surface area contributed by atoms with E-state index in [2.05, 4.69) is 6.92 Å². The fourth-order valence-corrected chi connectivity index (χ4v) is 0.703. The number of rotatable bonds is 3. The average Bonchev–Trinajstić information content (AvgIpc) is 1.61. The molecule has 0 heterocycles. The predicted octanol–water partition coefficient (Wildman–Crippen LogP) is 0.887. The van der Waals surface area contributed by atoms with Gasteiger partial charge in [0.05, 0.1) is 0 Å². The molecule has 0 saturated heterocycles. The molecule has 0 aromatic heterocycles. The third kappa shape index (κ3) is 4.83. The Balaban J connectivity index is 2.34. The van der Waals surface area contributed by atoms with E-state index < -0.39 is 0 Å². The van der Waals surface area contributed by atoms with Gasteiger partial charge in [0.1, 0.15) is 0 Å². The van der Waals surface area contributed by atoms with Crippen LogP contribution in [0.25, 0.3) is 0 Å². The van der Waals surface area contributed by atoms with Crippen LogP contribution in [0.3, 0.4) is 0 Å². The fourth-order valence-electron chi connectivity index (χ4n) is 0.228. The van der Waals surface area contributed by atoms with Gasteiger partial charge in [-0.05, 0) is 0 Å². The zero-order valence-electron chi connectivity index (χ0n) is 4.11. The van der Waals surface area contributed by atoms with E-state index in [4.69, 9.17) is 2.85 Å². The van der Waals surface area contributed by atoms with E-state index in [-0.39, 0.29) is 0 Å². The van der Waals surface area contributed by atoms with Gasteiger partial charge in [-0.1, -0.05) is 0 Å². The molecule has 0 atom stereocenters. The van der Waals surface area contributed by atoms with Crippen molar-refractivity contribution >= 4 is 24.8 Å². The van der Waals surface area contributed by atoms with Crippen molar-refractivity contribution in [2.24, 2.45) is 0 Å². The Bertz CT molecular complexity index is 19.5. The van der Waals surface area contributed by atoms with E-state index in [1.165, 1.54) is 12.8 Å². The van der Waals surface area contributed by atoms with E-state index in [1.54, 1.807) is 0 Å². The molecule has 1 nitrogen and oxygen atoms in total. The van der Waals surface area contributed by atoms with Crippen molar-refractivity contribution in [1.82, 2.24) is 0 Å². The first-order valence-electron chi connectivity index (χ1n) is 2.23. The van der Waals surface area contributed by atoms with E-state index in [0.29, 0.717) is 0 Å². The van der Waals surface area contributed by atoms with Crippen LogP contribution in [-0.2, 0) is 2.85 Å². The molecule has 0 bridgehead atoms. The summed E-state index contributed by atoms with van der Waals surface area (Å²) in [5, 5.41) is 0. The Morgan fingerprint density at radius 3 is 2.50 bits per heavy atom. The molecule has 0 spiro atoms. The molecular formula is C4H9InO. The minimum atomic E-state index is 0.956. The average molecular weight is 188 g/mol. The van der Waals surface area contributed by atoms with Crippen molar-refractivity contribution in [2.75, 3.05) is 6.61 Å². The predicted molar refractivity (Wildman–Crippen MR) is 26.6 cm³/mol. The van der Waals surface area contributed by atoms with Crippen LogP contribution in [0.15, 0.2) is 0 Å². The molecule has 0 rings (SSSR count). The zero-order valence-corrected chi connectivity index (χ0v) is 7.40. The normalized spacial score (nSPS) is 8.83. The summed E-state index contributed by atoms with van der Waals surface area (Å²) in [6, 6.07) is 0. The number of hydrogen-bond acceptors (Lipinski definition) is 1. The Labute approximate surface area is 54.3 Å². The molecular weight excluding hydrogens is 179 g/mol. The van der Waals surface area contributed by atoms with Gasteiger partial charge in [0.2, 0.25) is 0 Å². The first kappa shape index (κ1) is 6.83. The van der Waals surface area contributed by atoms with Crippen LogP contribution >= 0.6 is 0 Å². The summed E-state index contributed by atoms with van der Waals surface area (Å²) < 4.78 is 4.91. The van der Waals surface area contributed by atoms with Crippen molar-refractivity contribution in [3.05, 3.63) is 0 Å². The van der Waals surface area contributed by atoms with E-state index >= 15 is 0 Å². The third-order valence-electron chi connectivity index (χ3n) is 0.616. The molecule has 0 aliphatic heterocycles. The second kappa shape index (κ2) is 5.83. The Hall–Kier alpha value is 0.830. The molecule has 0 N–H and O–H groups in total. The molecule has 0 unspecified atom stereocenters. The maximum absolute atomic E-state index is 4.91. The summed E-state index contributed by atoms with van der Waals surface area (Å²) in [6.45, 7) is 3.14. The van der Waals surface area contributed by atoms with E-state index in [9.17, 15) is 0 Å². The quantitative estimate of drug-likeness (QED) is 0.597. The van der Waals surface area contributed by atoms with Gasteiger partial charge in [-0.15, -0.1) is 0 Å². The second-order valence-electron chi connectivity index (χ2n) is 1.22. The number of unbranched alkanes of at least 4 members (excludes halogenated alkanes) is 1. The van der Waals surface area contributed by atoms with Crippen LogP contribution in [0.5, 0.6) is 0 Å². The number of hydrogen-bond donors (Lipinski definition) is 0. The molecule has 0 aromatic rings. The maximum atomic E-state index is 4.91. The van der Waals surface area contributed by atoms with Crippen molar-refractivity contribution in [1.29, 1.82) is 0 Å². The van der Waals surface area contributed by atoms with Gasteiger partial charge in [-0.2, -0.15) is 0 Å². The standard InChI is InChI=1S/C4H9O.In/c1-2-3-4-5;/h2-4H2,1H3;/q-1;+1. The summed E-state index contributed by atoms with van der Waals surface area (Å²) >= 11 is 0.956. The first-order chi connectivity index (χ1) is 2.91. The van der Waals surface area contributed by atoms with Gasteiger partial charge < -0.3 is 0 Å². The minimum absolute atomic E-state index is 0.956. The Kier molecular flexibility index (Phi) is 6.64. The molecule has 0 aromatic carbocycles. The fraction of sp³-hybridized carbons (Fsp3) is 1.00. The van der Waals surface area contributed by atoms with Gasteiger partial charge in [0.25, 0.3) is 0 Å². The van der Waals surface area contributed by atoms with Crippen molar-refractivity contribution in [3.63, 3.8) is 0 Å². The molecule has 0 saturated carbocycles. The SMILES string of the molecule is CCCC[O][In]. The van der Waals surface area contributed by atoms with E-state index in [0.717, 1.165) is 31.4 Å². The van der Waals surface area contributed by atoms with Crippen molar-refractivity contribution < 1.29 is 2.85 Å². The molecule has 0 amide bonds. The van der Waals surface area contributed by atoms with Crippen LogP contribution in [0, 0.1) is 0 Å². The van der Waals surface area contributed by atoms with E-state index in [1.807, 2.05) is 0 Å². The third-order valence-corrected chi connectivity index (χ3v) is 1.29. The summed E-state index contributed by atoms with van der Waals surface area (Å²) in [4.78, 5) is 0. The van der Waals surface area contributed by atoms with Crippen molar-refractivity contribution in [2.45, 2.75) is 19.8 Å². The molecule has 0 fully saturated rings. The zero-order chi connectivity index (χ0) is 4.83. The van der Waals surface area contributed by atoms with Crippen LogP contribution in [0.4, 0.5) is 0 Å². The molecule has 34 valence electrons. The Morgan fingerprint density at radius 2 is 2.33 bits per heavy atom. The molecule has 0 aliphatic carbocycles. The van der Waals surface area contributed by atoms with Gasteiger partial charge in [-0.25, -0.2) is 0 Å². The van der Waals surface area contributed by atoms with Crippen LogP contribution in [0.1, 0.15) is 19.8 Å². The summed E-state index contributed by atoms with van der Waals surface area (Å²) in [7, 11) is 0. The summed E-state index contributed by atoms with van der Waals surface area (Å²) in [6.07, 6.45) is 2.47. The monoisotopic (exact) mass is 188 g/mol. The summed E-state index contributed by atoms with van der Waals surface area (Å²) in [5.74, 6) is 0. The van der Waals surface area contributed by atoms with Crippen LogP contribution in [-0.4, -0.2) is 31.4 Å². The first-order valence-corrected chi connectivity index (χ1v) is 3.58. The van der Waals surface area contributed by atoms with Gasteiger partial charge in [0, 0.05) is 0 Å². The van der Waals surface area contributed by atoms with Gasteiger partial charge in [-0.3, -0.25) is 0 Å². The molecule has 2 heteroatoms. The van der Waals surface area contributed by atoms with Crippen LogP contribution < -0.4 is 0 Å². The van der Waals surface area contributed by atoms with Crippen LogP contribution in [0.2, 0.25) is 0 Å². The summed E-state index contributed by atoms with van der Waals surface area (Å²) in [5.41, 5.74) is 0. The molecule has 2 radical (unpaired) electrons. The van der Waals surface area contributed by atoms with Crippen molar-refractivity contribution in [3.8, 4) is 0 Å².